The maximum Gasteiger partial charge on any atom is 0.271 e. The van der Waals surface area contributed by atoms with E-state index >= 15 is 0 Å². The summed E-state index contributed by atoms with van der Waals surface area (Å²) in [6.45, 7) is 0. The minimum absolute atomic E-state index is 0.00128. The van der Waals surface area contributed by atoms with Gasteiger partial charge in [-0.1, -0.05) is 12.1 Å². The number of carbonyl (C=O) groups excluding carboxylic acids is 2. The molecule has 38 heavy (non-hydrogen) atoms. The predicted molar refractivity (Wildman–Crippen MR) is 131 cm³/mol. The number of carbonyl (C=O) groups is 2. The number of hydrazine groups is 1. The van der Waals surface area contributed by atoms with Crippen molar-refractivity contribution in [2.75, 3.05) is 0 Å². The van der Waals surface area contributed by atoms with E-state index in [4.69, 9.17) is 10.1 Å². The predicted octanol–water partition coefficient (Wildman–Crippen LogP) is 2.04. The maximum atomic E-state index is 12.7. The second-order valence-corrected chi connectivity index (χ2v) is 7.78. The van der Waals surface area contributed by atoms with Gasteiger partial charge < -0.3 is 4.74 Å². The lowest BCUT2D eigenvalue weighted by molar-refractivity contribution is -0.385. The standard InChI is InChI=1S/C23H18N8O7/c24-21-19(27-29-23(33)15-4-2-6-17(12-15)31(36)37)18(20(38-21)13-7-9-25-10-8-13)26-28-22(32)14-3-1-5-16(11-14)30(34)35/h1-12,18,20,24,26H,(H,28,32)(H,29,33)/b24-21?,27-19+. The lowest BCUT2D eigenvalue weighted by Crippen LogP contribution is -2.49. The van der Waals surface area contributed by atoms with Crippen LogP contribution >= 0.6 is 0 Å². The summed E-state index contributed by atoms with van der Waals surface area (Å²) in [5, 5.41) is 34.3. The summed E-state index contributed by atoms with van der Waals surface area (Å²) in [6.07, 6.45) is 2.13. The lowest BCUT2D eigenvalue weighted by Gasteiger charge is -2.19. The van der Waals surface area contributed by atoms with Gasteiger partial charge in [-0.05, 0) is 29.8 Å². The van der Waals surface area contributed by atoms with Crippen LogP contribution in [0.1, 0.15) is 32.4 Å². The molecule has 0 aliphatic carbocycles. The molecule has 2 aromatic carbocycles. The number of benzene rings is 2. The molecule has 0 bridgehead atoms. The minimum Gasteiger partial charge on any atom is -0.466 e. The Labute approximate surface area is 213 Å². The Morgan fingerprint density at radius 3 is 2.08 bits per heavy atom. The Morgan fingerprint density at radius 1 is 0.921 bits per heavy atom. The van der Waals surface area contributed by atoms with Crippen LogP contribution in [0, 0.1) is 25.6 Å². The first-order valence-electron chi connectivity index (χ1n) is 10.8. The van der Waals surface area contributed by atoms with E-state index in [0.29, 0.717) is 5.56 Å². The molecule has 15 nitrogen and oxygen atoms in total. The third kappa shape index (κ3) is 5.63. The molecule has 192 valence electrons. The van der Waals surface area contributed by atoms with Gasteiger partial charge >= 0.3 is 0 Å². The van der Waals surface area contributed by atoms with Crippen molar-refractivity contribution >= 4 is 34.8 Å². The summed E-state index contributed by atoms with van der Waals surface area (Å²) in [4.78, 5) is 49.9. The molecule has 2 amide bonds. The van der Waals surface area contributed by atoms with Crippen molar-refractivity contribution in [3.63, 3.8) is 0 Å². The molecule has 2 heterocycles. The van der Waals surface area contributed by atoms with Crippen LogP contribution in [-0.4, -0.2) is 44.3 Å². The minimum atomic E-state index is -0.988. The number of rotatable bonds is 8. The summed E-state index contributed by atoms with van der Waals surface area (Å²) in [7, 11) is 0. The van der Waals surface area contributed by atoms with Crippen molar-refractivity contribution in [3.05, 3.63) is 110 Å². The van der Waals surface area contributed by atoms with Crippen LogP contribution in [0.15, 0.2) is 78.2 Å². The number of hydrazone groups is 1. The summed E-state index contributed by atoms with van der Waals surface area (Å²) in [6, 6.07) is 12.3. The molecule has 1 aromatic heterocycles. The summed E-state index contributed by atoms with van der Waals surface area (Å²) >= 11 is 0. The first-order valence-corrected chi connectivity index (χ1v) is 10.8. The average Bonchev–Trinajstić information content (AvgIpc) is 3.25. The molecule has 1 aliphatic rings. The van der Waals surface area contributed by atoms with E-state index in [1.54, 1.807) is 12.1 Å². The van der Waals surface area contributed by atoms with E-state index in [2.05, 4.69) is 26.4 Å². The molecule has 0 saturated carbocycles. The van der Waals surface area contributed by atoms with E-state index in [-0.39, 0.29) is 28.2 Å². The largest absolute Gasteiger partial charge is 0.466 e. The van der Waals surface area contributed by atoms with Crippen LogP contribution in [0.3, 0.4) is 0 Å². The van der Waals surface area contributed by atoms with Gasteiger partial charge in [-0.25, -0.2) is 10.9 Å². The highest BCUT2D eigenvalue weighted by Gasteiger charge is 2.41. The number of pyridine rings is 1. The SMILES string of the molecule is N=C1OC(c2ccncc2)C(NNC(=O)c2cccc([N+](=O)[O-])c2)/C1=N\NC(=O)c1cccc([N+](=O)[O-])c1. The molecule has 4 N–H and O–H groups in total. The van der Waals surface area contributed by atoms with Crippen molar-refractivity contribution in [2.45, 2.75) is 12.1 Å². The van der Waals surface area contributed by atoms with Crippen molar-refractivity contribution < 1.29 is 24.2 Å². The van der Waals surface area contributed by atoms with Gasteiger partial charge in [0.1, 0.15) is 17.9 Å². The Morgan fingerprint density at radius 2 is 1.50 bits per heavy atom. The number of non-ortho nitro benzene ring substituents is 2. The third-order valence-corrected chi connectivity index (χ3v) is 5.37. The number of amides is 2. The number of nitrogens with zero attached hydrogens (tertiary/aromatic N) is 4. The average molecular weight is 518 g/mol. The van der Waals surface area contributed by atoms with Gasteiger partial charge in [0, 0.05) is 47.8 Å². The fourth-order valence-corrected chi connectivity index (χ4v) is 3.53. The van der Waals surface area contributed by atoms with Crippen molar-refractivity contribution in [1.82, 2.24) is 21.3 Å². The van der Waals surface area contributed by atoms with Crippen molar-refractivity contribution in [1.29, 1.82) is 5.41 Å². The zero-order valence-electron chi connectivity index (χ0n) is 19.2. The van der Waals surface area contributed by atoms with Crippen LogP contribution in [0.5, 0.6) is 0 Å². The topological polar surface area (TPSA) is 215 Å². The monoisotopic (exact) mass is 518 g/mol. The van der Waals surface area contributed by atoms with Crippen LogP contribution in [0.25, 0.3) is 0 Å². The first-order chi connectivity index (χ1) is 18.2. The molecule has 15 heteroatoms. The summed E-state index contributed by atoms with van der Waals surface area (Å²) in [5.74, 6) is -1.89. The van der Waals surface area contributed by atoms with E-state index in [1.807, 2.05) is 0 Å². The Balaban J connectivity index is 1.57. The number of aromatic nitrogens is 1. The second kappa shape index (κ2) is 11.0. The zero-order valence-corrected chi connectivity index (χ0v) is 19.2. The number of nitro groups is 2. The number of nitro benzene ring substituents is 2. The smallest absolute Gasteiger partial charge is 0.271 e. The van der Waals surface area contributed by atoms with Crippen LogP contribution in [-0.2, 0) is 4.74 Å². The molecular weight excluding hydrogens is 500 g/mol. The van der Waals surface area contributed by atoms with E-state index < -0.39 is 39.7 Å². The van der Waals surface area contributed by atoms with Crippen LogP contribution in [0.2, 0.25) is 0 Å². The highest BCUT2D eigenvalue weighted by molar-refractivity contribution is 6.41. The molecule has 1 fully saturated rings. The highest BCUT2D eigenvalue weighted by Crippen LogP contribution is 2.28. The number of nitrogens with one attached hydrogen (secondary N) is 4. The summed E-state index contributed by atoms with van der Waals surface area (Å²) < 4.78 is 5.63. The molecule has 3 aromatic rings. The van der Waals surface area contributed by atoms with E-state index in [0.717, 1.165) is 12.1 Å². The van der Waals surface area contributed by atoms with Gasteiger partial charge in [-0.15, -0.1) is 0 Å². The van der Waals surface area contributed by atoms with Gasteiger partial charge in [-0.2, -0.15) is 5.10 Å². The van der Waals surface area contributed by atoms with Gasteiger partial charge in [0.2, 0.25) is 5.90 Å². The quantitative estimate of drug-likeness (QED) is 0.253. The first kappa shape index (κ1) is 25.5. The zero-order chi connectivity index (χ0) is 27.2. The van der Waals surface area contributed by atoms with Gasteiger partial charge in [0.05, 0.1) is 9.85 Å². The fraction of sp³-hybridized carbons (Fsp3) is 0.0870. The lowest BCUT2D eigenvalue weighted by atomic mass is 10.0. The number of hydrogen-bond donors (Lipinski definition) is 4. The molecule has 1 saturated heterocycles. The molecular formula is C23H18N8O7. The molecule has 4 rings (SSSR count). The molecule has 0 radical (unpaired) electrons. The molecule has 2 atom stereocenters. The molecule has 0 spiro atoms. The van der Waals surface area contributed by atoms with Crippen LogP contribution in [0.4, 0.5) is 11.4 Å². The van der Waals surface area contributed by atoms with Crippen molar-refractivity contribution in [2.24, 2.45) is 5.10 Å². The van der Waals surface area contributed by atoms with Gasteiger partial charge in [0.15, 0.2) is 0 Å². The van der Waals surface area contributed by atoms with Gasteiger partial charge in [0.25, 0.3) is 23.2 Å². The highest BCUT2D eigenvalue weighted by atomic mass is 16.6. The Bertz CT molecular complexity index is 1460. The van der Waals surface area contributed by atoms with E-state index in [9.17, 15) is 29.8 Å². The molecule has 2 unspecified atom stereocenters. The summed E-state index contributed by atoms with van der Waals surface area (Å²) in [5.41, 5.74) is 7.26. The van der Waals surface area contributed by atoms with Gasteiger partial charge in [-0.3, -0.25) is 45.6 Å². The fourth-order valence-electron chi connectivity index (χ4n) is 3.53. The maximum absolute atomic E-state index is 12.7. The van der Waals surface area contributed by atoms with Crippen LogP contribution < -0.4 is 16.3 Å². The normalized spacial score (nSPS) is 17.5. The second-order valence-electron chi connectivity index (χ2n) is 7.78. The number of ether oxygens (including phenoxy) is 1. The number of hydrogen-bond acceptors (Lipinski definition) is 11. The van der Waals surface area contributed by atoms with Crippen molar-refractivity contribution in [3.8, 4) is 0 Å². The third-order valence-electron chi connectivity index (χ3n) is 5.37. The Kier molecular flexibility index (Phi) is 7.39. The Hall–Kier alpha value is -5.57. The molecule has 1 aliphatic heterocycles. The van der Waals surface area contributed by atoms with E-state index in [1.165, 1.54) is 48.8 Å².